The fourth-order valence-corrected chi connectivity index (χ4v) is 9.71. The minimum atomic E-state index is -3.35. The molecule has 3 N–H and O–H groups in total. The molecule has 2 atom stereocenters. The van der Waals surface area contributed by atoms with Crippen molar-refractivity contribution in [2.45, 2.75) is 35.3 Å². The minimum absolute atomic E-state index is 0.0907. The second-order valence-electron chi connectivity index (χ2n) is 13.2. The van der Waals surface area contributed by atoms with Crippen LogP contribution in [-0.4, -0.2) is 114 Å². The number of aliphatic carboxylic acids is 1. The van der Waals surface area contributed by atoms with Gasteiger partial charge in [0.25, 0.3) is 11.8 Å². The molecule has 0 radical (unpaired) electrons. The number of carboxylic acids is 1. The van der Waals surface area contributed by atoms with Gasteiger partial charge in [0, 0.05) is 23.4 Å². The van der Waals surface area contributed by atoms with Crippen molar-refractivity contribution in [2.75, 3.05) is 37.5 Å². The van der Waals surface area contributed by atoms with E-state index in [1.165, 1.54) is 28.9 Å². The summed E-state index contributed by atoms with van der Waals surface area (Å²) in [5.74, 6) is -2.57. The normalized spacial score (nSPS) is 17.0. The monoisotopic (exact) mass is 846 g/mol. The van der Waals surface area contributed by atoms with Crippen LogP contribution in [0, 0.1) is 0 Å². The largest absolute Gasteiger partial charge is 0.477 e. The van der Waals surface area contributed by atoms with Gasteiger partial charge in [-0.3, -0.25) is 14.5 Å². The Morgan fingerprint density at radius 3 is 2.22 bits per heavy atom. The molecule has 0 aliphatic carbocycles. The van der Waals surface area contributed by atoms with Gasteiger partial charge >= 0.3 is 12.6 Å². The van der Waals surface area contributed by atoms with Crippen LogP contribution in [0.1, 0.15) is 22.4 Å². The number of tetrazole rings is 1. The highest BCUT2D eigenvalue weighted by atomic mass is 32.2. The van der Waals surface area contributed by atoms with Crippen LogP contribution in [0.2, 0.25) is 0 Å². The third-order valence-corrected chi connectivity index (χ3v) is 12.4. The summed E-state index contributed by atoms with van der Waals surface area (Å²) in [6.07, 6.45) is 0. The molecule has 0 saturated carbocycles. The van der Waals surface area contributed by atoms with E-state index in [-0.39, 0.29) is 22.9 Å². The molecule has 2 aliphatic rings. The molecular formula is C38H36F2N10O5S3. The first-order chi connectivity index (χ1) is 28.1. The number of aromatic nitrogens is 5. The lowest BCUT2D eigenvalue weighted by Crippen LogP contribution is -2.71. The lowest BCUT2D eigenvalue weighted by atomic mass is 9.77. The molecule has 1 unspecified atom stereocenters. The first kappa shape index (κ1) is 40.5. The van der Waals surface area contributed by atoms with E-state index in [0.29, 0.717) is 29.0 Å². The number of likely N-dealkylation sites (N-methyl/N-ethyl adjacent to an activating group) is 1. The molecule has 1 saturated heterocycles. The topological polar surface area (TPSA) is 180 Å². The average Bonchev–Trinajstić information content (AvgIpc) is 3.90. The molecule has 2 aromatic heterocycles. The zero-order valence-corrected chi connectivity index (χ0v) is 33.4. The fraction of sp³-hybridized carbons (Fsp3) is 0.263. The van der Waals surface area contributed by atoms with Crippen molar-refractivity contribution in [3.05, 3.63) is 130 Å². The van der Waals surface area contributed by atoms with E-state index in [1.54, 1.807) is 4.68 Å². The van der Waals surface area contributed by atoms with E-state index < -0.39 is 47.1 Å². The van der Waals surface area contributed by atoms with Crippen LogP contribution in [0.3, 0.4) is 0 Å². The highest BCUT2D eigenvalue weighted by Gasteiger charge is 2.54. The van der Waals surface area contributed by atoms with Crippen molar-refractivity contribution in [1.82, 2.24) is 40.3 Å². The molecule has 2 amide bonds. The Balaban J connectivity index is 1.12. The summed E-state index contributed by atoms with van der Waals surface area (Å²) in [5.41, 5.74) is 1.26. The summed E-state index contributed by atoms with van der Waals surface area (Å²) in [7, 11) is 3.84. The number of nitrogens with zero attached hydrogens (tertiary/aromatic N) is 8. The van der Waals surface area contributed by atoms with Gasteiger partial charge in [-0.05, 0) is 46.8 Å². The van der Waals surface area contributed by atoms with E-state index in [2.05, 4.69) is 41.1 Å². The molecule has 15 nitrogen and oxygen atoms in total. The number of β-lactam (4-membered cyclic amide) rings is 1. The number of anilines is 1. The maximum Gasteiger partial charge on any atom is 0.407 e. The number of thiazole rings is 1. The molecule has 3 aromatic carbocycles. The first-order valence-corrected chi connectivity index (χ1v) is 20.7. The molecule has 20 heteroatoms. The second kappa shape index (κ2) is 17.8. The average molecular weight is 847 g/mol. The Labute approximate surface area is 343 Å². The van der Waals surface area contributed by atoms with E-state index in [9.17, 15) is 28.3 Å². The number of fused-ring (bicyclic) bond motifs is 1. The maximum absolute atomic E-state index is 13.8. The molecule has 1 fully saturated rings. The van der Waals surface area contributed by atoms with Gasteiger partial charge in [0.2, 0.25) is 5.16 Å². The number of carbonyl (C=O) groups excluding carboxylic acids is 2. The quantitative estimate of drug-likeness (QED) is 0.0390. The minimum Gasteiger partial charge on any atom is -0.477 e. The summed E-state index contributed by atoms with van der Waals surface area (Å²) in [6, 6.07) is 27.9. The van der Waals surface area contributed by atoms with Crippen LogP contribution in [0.25, 0.3) is 0 Å². The van der Waals surface area contributed by atoms with E-state index in [4.69, 9.17) is 0 Å². The number of alkyl halides is 2. The van der Waals surface area contributed by atoms with Gasteiger partial charge in [-0.1, -0.05) is 108 Å². The molecule has 300 valence electrons. The Hall–Kier alpha value is -5.70. The second-order valence-corrected chi connectivity index (χ2v) is 16.1. The van der Waals surface area contributed by atoms with Gasteiger partial charge in [-0.2, -0.15) is 8.78 Å². The van der Waals surface area contributed by atoms with Crippen molar-refractivity contribution in [2.24, 2.45) is 5.16 Å². The van der Waals surface area contributed by atoms with Crippen LogP contribution in [0.4, 0.5) is 13.9 Å². The Kier molecular flexibility index (Phi) is 12.5. The summed E-state index contributed by atoms with van der Waals surface area (Å²) >= 11 is 3.62. The van der Waals surface area contributed by atoms with Gasteiger partial charge in [-0.25, -0.2) is 14.5 Å². The number of carbonyl (C=O) groups is 3. The number of thioether (sulfide) groups is 2. The molecule has 7 rings (SSSR count). The number of carboxylic acid groups (broad SMARTS) is 1. The predicted molar refractivity (Wildman–Crippen MR) is 215 cm³/mol. The van der Waals surface area contributed by atoms with Crippen molar-refractivity contribution < 1.29 is 33.1 Å². The zero-order valence-electron chi connectivity index (χ0n) is 30.9. The lowest BCUT2D eigenvalue weighted by Gasteiger charge is -2.49. The predicted octanol–water partition coefficient (Wildman–Crippen LogP) is 4.57. The first-order valence-electron chi connectivity index (χ1n) is 17.7. The summed E-state index contributed by atoms with van der Waals surface area (Å²) in [4.78, 5) is 51.9. The number of nitrogens with one attached hydrogen (secondary N) is 2. The van der Waals surface area contributed by atoms with Gasteiger partial charge in [0.1, 0.15) is 28.3 Å². The third kappa shape index (κ3) is 8.45. The number of hydrogen-bond donors (Lipinski definition) is 3. The van der Waals surface area contributed by atoms with E-state index in [0.717, 1.165) is 32.9 Å². The summed E-state index contributed by atoms with van der Waals surface area (Å²) < 4.78 is 28.3. The van der Waals surface area contributed by atoms with Gasteiger partial charge in [0.15, 0.2) is 10.8 Å². The van der Waals surface area contributed by atoms with Crippen molar-refractivity contribution in [3.63, 3.8) is 0 Å². The Morgan fingerprint density at radius 2 is 1.66 bits per heavy atom. The number of halogens is 2. The number of oxime groups is 1. The van der Waals surface area contributed by atoms with Crippen LogP contribution in [-0.2, 0) is 31.3 Å². The van der Waals surface area contributed by atoms with E-state index in [1.807, 2.05) is 110 Å². The highest BCUT2D eigenvalue weighted by Crippen LogP contribution is 2.43. The van der Waals surface area contributed by atoms with Crippen LogP contribution < -0.4 is 10.6 Å². The van der Waals surface area contributed by atoms with Crippen LogP contribution in [0.5, 0.6) is 0 Å². The zero-order chi connectivity index (χ0) is 40.8. The molecule has 0 spiro atoms. The number of hydrogen-bond acceptors (Lipinski definition) is 14. The number of benzene rings is 3. The van der Waals surface area contributed by atoms with Crippen molar-refractivity contribution in [1.29, 1.82) is 0 Å². The maximum atomic E-state index is 13.8. The van der Waals surface area contributed by atoms with Crippen molar-refractivity contribution in [3.8, 4) is 0 Å². The molecule has 2 aliphatic heterocycles. The van der Waals surface area contributed by atoms with Gasteiger partial charge in [0.05, 0.1) is 6.54 Å². The van der Waals surface area contributed by atoms with E-state index >= 15 is 0 Å². The Bertz CT molecular complexity index is 2220. The fourth-order valence-electron chi connectivity index (χ4n) is 6.57. The highest BCUT2D eigenvalue weighted by molar-refractivity contribution is 8.01. The van der Waals surface area contributed by atoms with Gasteiger partial charge in [-0.15, -0.1) is 28.2 Å². The molecule has 4 heterocycles. The molecule has 5 aromatic rings. The standard InChI is InChI=1S/C38H36F2N10O5S3/c1-48(2)18-19-49-37(44-46-47-49)58-21-23-20-56-33-29(32(52)50(33)30(23)34(53)54)42-31(51)28(45-55-35(39)40)27-22-57-36(41-27)43-38(24-12-6-3-7-13-24,25-14-8-4-9-15-25)26-16-10-5-11-17-26/h3-17,22,29,33,35H,18-21H2,1-2H3,(H,41,43)(H,42,51)(H,53,54)/b45-28+/t29?,33-/m1/s1. The molecule has 0 bridgehead atoms. The number of rotatable bonds is 17. The SMILES string of the molecule is CN(C)CCn1nnnc1SCC1=C(C(=O)O)N2C(=O)C(NC(=O)/C(=N/OC(F)F)c3csc(NC(c4ccccc4)(c4ccccc4)c4ccccc4)n3)[C@H]2SC1. The molecular weight excluding hydrogens is 811 g/mol. The summed E-state index contributed by atoms with van der Waals surface area (Å²) in [5, 5.41) is 33.1. The lowest BCUT2D eigenvalue weighted by molar-refractivity contribution is -0.150. The Morgan fingerprint density at radius 1 is 1.03 bits per heavy atom. The smallest absolute Gasteiger partial charge is 0.407 e. The van der Waals surface area contributed by atoms with Crippen molar-refractivity contribution >= 4 is 63.5 Å². The van der Waals surface area contributed by atoms with Crippen LogP contribution in [0.15, 0.2) is 118 Å². The number of amides is 2. The molecule has 58 heavy (non-hydrogen) atoms. The third-order valence-electron chi connectivity index (χ3n) is 9.27. The van der Waals surface area contributed by atoms with Crippen LogP contribution >= 0.6 is 34.9 Å². The van der Waals surface area contributed by atoms with Gasteiger partial charge < -0.3 is 25.5 Å². The summed E-state index contributed by atoms with van der Waals surface area (Å²) in [6.45, 7) is -2.14.